The average molecular weight is 336 g/mol. The van der Waals surface area contributed by atoms with Crippen LogP contribution in [0.4, 0.5) is 0 Å². The summed E-state index contributed by atoms with van der Waals surface area (Å²) in [7, 11) is 0. The molecule has 25 heavy (non-hydrogen) atoms. The van der Waals surface area contributed by atoms with E-state index in [4.69, 9.17) is 4.52 Å². The van der Waals surface area contributed by atoms with Crippen molar-refractivity contribution in [2.24, 2.45) is 0 Å². The third-order valence-corrected chi connectivity index (χ3v) is 4.68. The SMILES string of the molecule is Cc1ccccc1Cc1noc(Cn2nc3c(cc2=O)CCCC3)n1. The fourth-order valence-corrected chi connectivity index (χ4v) is 3.25. The van der Waals surface area contributed by atoms with Crippen LogP contribution in [0.2, 0.25) is 0 Å². The molecule has 2 aromatic heterocycles. The number of hydrogen-bond acceptors (Lipinski definition) is 5. The molecule has 0 atom stereocenters. The third kappa shape index (κ3) is 3.38. The lowest BCUT2D eigenvalue weighted by Gasteiger charge is -2.15. The van der Waals surface area contributed by atoms with E-state index in [0.717, 1.165) is 36.9 Å². The quantitative estimate of drug-likeness (QED) is 0.732. The molecule has 1 aromatic carbocycles. The topological polar surface area (TPSA) is 73.8 Å². The Bertz CT molecular complexity index is 958. The molecule has 6 heteroatoms. The highest BCUT2D eigenvalue weighted by Crippen LogP contribution is 2.17. The van der Waals surface area contributed by atoms with Gasteiger partial charge in [-0.25, -0.2) is 4.68 Å². The summed E-state index contributed by atoms with van der Waals surface area (Å²) in [5.41, 5.74) is 4.35. The van der Waals surface area contributed by atoms with Gasteiger partial charge in [0, 0.05) is 12.5 Å². The molecule has 0 fully saturated rings. The van der Waals surface area contributed by atoms with E-state index in [0.29, 0.717) is 18.1 Å². The van der Waals surface area contributed by atoms with E-state index in [2.05, 4.69) is 34.3 Å². The minimum absolute atomic E-state index is 0.112. The van der Waals surface area contributed by atoms with Gasteiger partial charge in [-0.05, 0) is 49.3 Å². The van der Waals surface area contributed by atoms with E-state index >= 15 is 0 Å². The Hall–Kier alpha value is -2.76. The number of aryl methyl sites for hydroxylation is 3. The zero-order chi connectivity index (χ0) is 17.2. The largest absolute Gasteiger partial charge is 0.337 e. The first-order chi connectivity index (χ1) is 12.2. The number of nitrogens with zero attached hydrogens (tertiary/aromatic N) is 4. The Morgan fingerprint density at radius 3 is 2.92 bits per heavy atom. The molecule has 3 aromatic rings. The lowest BCUT2D eigenvalue weighted by atomic mass is 9.97. The monoisotopic (exact) mass is 336 g/mol. The second kappa shape index (κ2) is 6.63. The smallest absolute Gasteiger partial charge is 0.267 e. The van der Waals surface area contributed by atoms with Crippen molar-refractivity contribution in [3.8, 4) is 0 Å². The summed E-state index contributed by atoms with van der Waals surface area (Å²) in [4.78, 5) is 16.7. The fourth-order valence-electron chi connectivity index (χ4n) is 3.25. The molecular formula is C19H20N4O2. The van der Waals surface area contributed by atoms with Gasteiger partial charge < -0.3 is 4.52 Å². The third-order valence-electron chi connectivity index (χ3n) is 4.68. The van der Waals surface area contributed by atoms with Crippen LogP contribution in [0.15, 0.2) is 39.6 Å². The molecule has 0 unspecified atom stereocenters. The van der Waals surface area contributed by atoms with Crippen LogP contribution in [0.1, 0.15) is 46.9 Å². The van der Waals surface area contributed by atoms with Gasteiger partial charge in [-0.1, -0.05) is 29.4 Å². The van der Waals surface area contributed by atoms with Crippen molar-refractivity contribution in [3.63, 3.8) is 0 Å². The highest BCUT2D eigenvalue weighted by Gasteiger charge is 2.15. The van der Waals surface area contributed by atoms with Crippen molar-refractivity contribution in [2.75, 3.05) is 0 Å². The standard InChI is InChI=1S/C19H20N4O2/c1-13-6-2-3-7-14(13)10-17-20-18(25-22-17)12-23-19(24)11-15-8-4-5-9-16(15)21-23/h2-3,6-7,11H,4-5,8-10,12H2,1H3. The van der Waals surface area contributed by atoms with E-state index < -0.39 is 0 Å². The van der Waals surface area contributed by atoms with Gasteiger partial charge >= 0.3 is 0 Å². The van der Waals surface area contributed by atoms with E-state index in [1.165, 1.54) is 15.8 Å². The molecule has 1 aliphatic rings. The van der Waals surface area contributed by atoms with Crippen LogP contribution < -0.4 is 5.56 Å². The first kappa shape index (κ1) is 15.7. The van der Waals surface area contributed by atoms with E-state index in [-0.39, 0.29) is 12.1 Å². The zero-order valence-electron chi connectivity index (χ0n) is 14.2. The van der Waals surface area contributed by atoms with E-state index in [9.17, 15) is 4.79 Å². The summed E-state index contributed by atoms with van der Waals surface area (Å²) >= 11 is 0. The molecule has 0 saturated heterocycles. The van der Waals surface area contributed by atoms with Crippen LogP contribution in [0, 0.1) is 6.92 Å². The molecule has 128 valence electrons. The number of fused-ring (bicyclic) bond motifs is 1. The van der Waals surface area contributed by atoms with Crippen LogP contribution in [0.3, 0.4) is 0 Å². The number of aromatic nitrogens is 4. The molecule has 0 spiro atoms. The molecular weight excluding hydrogens is 316 g/mol. The normalized spacial score (nSPS) is 13.6. The summed E-state index contributed by atoms with van der Waals surface area (Å²) in [5, 5.41) is 8.53. The van der Waals surface area contributed by atoms with Crippen molar-refractivity contribution in [1.29, 1.82) is 0 Å². The minimum atomic E-state index is -0.112. The molecule has 2 heterocycles. The highest BCUT2D eigenvalue weighted by atomic mass is 16.5. The second-order valence-electron chi connectivity index (χ2n) is 6.53. The Balaban J connectivity index is 1.53. The maximum Gasteiger partial charge on any atom is 0.267 e. The molecule has 4 rings (SSSR count). The van der Waals surface area contributed by atoms with Crippen LogP contribution in [0.25, 0.3) is 0 Å². The summed E-state index contributed by atoms with van der Waals surface area (Å²) in [5.74, 6) is 1.03. The minimum Gasteiger partial charge on any atom is -0.337 e. The van der Waals surface area contributed by atoms with E-state index in [1.54, 1.807) is 6.07 Å². The predicted molar refractivity (Wildman–Crippen MR) is 92.5 cm³/mol. The zero-order valence-corrected chi connectivity index (χ0v) is 14.2. The Kier molecular flexibility index (Phi) is 4.17. The lowest BCUT2D eigenvalue weighted by Crippen LogP contribution is -2.26. The number of hydrogen-bond donors (Lipinski definition) is 0. The van der Waals surface area contributed by atoms with Crippen molar-refractivity contribution in [3.05, 3.63) is 74.8 Å². The van der Waals surface area contributed by atoms with Gasteiger partial charge in [-0.2, -0.15) is 10.1 Å². The highest BCUT2D eigenvalue weighted by molar-refractivity contribution is 5.28. The molecule has 6 nitrogen and oxygen atoms in total. The van der Waals surface area contributed by atoms with Gasteiger partial charge in [0.2, 0.25) is 5.89 Å². The van der Waals surface area contributed by atoms with Gasteiger partial charge in [-0.3, -0.25) is 4.79 Å². The molecule has 1 aliphatic carbocycles. The first-order valence-corrected chi connectivity index (χ1v) is 8.65. The van der Waals surface area contributed by atoms with Crippen LogP contribution in [-0.4, -0.2) is 19.9 Å². The molecule has 0 bridgehead atoms. The van der Waals surface area contributed by atoms with Gasteiger partial charge in [-0.15, -0.1) is 0 Å². The maximum atomic E-state index is 12.2. The van der Waals surface area contributed by atoms with Gasteiger partial charge in [0.15, 0.2) is 5.82 Å². The summed E-state index contributed by atoms with van der Waals surface area (Å²) in [6, 6.07) is 9.83. The van der Waals surface area contributed by atoms with Crippen molar-refractivity contribution >= 4 is 0 Å². The van der Waals surface area contributed by atoms with E-state index in [1.807, 2.05) is 12.1 Å². The lowest BCUT2D eigenvalue weighted by molar-refractivity contribution is 0.357. The van der Waals surface area contributed by atoms with Gasteiger partial charge in [0.05, 0.1) is 5.69 Å². The van der Waals surface area contributed by atoms with Crippen LogP contribution in [-0.2, 0) is 25.8 Å². The predicted octanol–water partition coefficient (Wildman–Crippen LogP) is 2.45. The fraction of sp³-hybridized carbons (Fsp3) is 0.368. The van der Waals surface area contributed by atoms with Crippen molar-refractivity contribution in [1.82, 2.24) is 19.9 Å². The average Bonchev–Trinajstić information content (AvgIpc) is 3.05. The van der Waals surface area contributed by atoms with Gasteiger partial charge in [0.1, 0.15) is 6.54 Å². The van der Waals surface area contributed by atoms with Crippen molar-refractivity contribution < 1.29 is 4.52 Å². The molecule has 0 N–H and O–H groups in total. The summed E-state index contributed by atoms with van der Waals surface area (Å²) < 4.78 is 6.74. The number of benzene rings is 1. The molecule has 0 amide bonds. The Morgan fingerprint density at radius 2 is 2.04 bits per heavy atom. The summed E-state index contributed by atoms with van der Waals surface area (Å²) in [6.45, 7) is 2.28. The second-order valence-corrected chi connectivity index (χ2v) is 6.53. The summed E-state index contributed by atoms with van der Waals surface area (Å²) in [6.07, 6.45) is 4.74. The molecule has 0 aliphatic heterocycles. The van der Waals surface area contributed by atoms with Gasteiger partial charge in [0.25, 0.3) is 5.56 Å². The molecule has 0 radical (unpaired) electrons. The van der Waals surface area contributed by atoms with Crippen LogP contribution >= 0.6 is 0 Å². The molecule has 0 saturated carbocycles. The Morgan fingerprint density at radius 1 is 1.20 bits per heavy atom. The first-order valence-electron chi connectivity index (χ1n) is 8.65. The Labute approximate surface area is 145 Å². The maximum absolute atomic E-state index is 12.2. The number of rotatable bonds is 4. The van der Waals surface area contributed by atoms with Crippen LogP contribution in [0.5, 0.6) is 0 Å². The van der Waals surface area contributed by atoms with Crippen molar-refractivity contribution in [2.45, 2.75) is 45.6 Å².